The summed E-state index contributed by atoms with van der Waals surface area (Å²) >= 11 is 0. The van der Waals surface area contributed by atoms with Crippen LogP contribution in [-0.4, -0.2) is 5.11 Å². The molecule has 0 bridgehead atoms. The van der Waals surface area contributed by atoms with Gasteiger partial charge in [-0.1, -0.05) is 0 Å². The van der Waals surface area contributed by atoms with E-state index < -0.39 is 29.0 Å². The van der Waals surface area contributed by atoms with E-state index in [1.165, 1.54) is 0 Å². The molecule has 0 unspecified atom stereocenters. The van der Waals surface area contributed by atoms with Crippen molar-refractivity contribution in [3.05, 3.63) is 29.3 Å². The Hall–Kier alpha value is -0.260. The van der Waals surface area contributed by atoms with E-state index in [-0.39, 0.29) is 29.6 Å². The van der Waals surface area contributed by atoms with Gasteiger partial charge in [-0.2, -0.15) is 0 Å². The third-order valence-corrected chi connectivity index (χ3v) is 1.02. The van der Waals surface area contributed by atoms with E-state index in [1.807, 2.05) is 0 Å². The van der Waals surface area contributed by atoms with Gasteiger partial charge in [0.05, 0.1) is 29.0 Å². The molecule has 0 amide bonds. The van der Waals surface area contributed by atoms with Crippen LogP contribution in [0.15, 0.2) is 0 Å². The topological polar surface area (TPSA) is 20.2 Å². The van der Waals surface area contributed by atoms with Crippen LogP contribution in [0.2, 0.25) is 0 Å². The molecule has 1 N–H and O–H groups in total. The van der Waals surface area contributed by atoms with Gasteiger partial charge in [-0.15, -0.1) is 6.07 Å². The summed E-state index contributed by atoms with van der Waals surface area (Å²) in [6.07, 6.45) is 0. The van der Waals surface area contributed by atoms with Gasteiger partial charge in [0.25, 0.3) is 0 Å². The van der Waals surface area contributed by atoms with Gasteiger partial charge in [0.15, 0.2) is 0 Å². The van der Waals surface area contributed by atoms with E-state index >= 15 is 0 Å². The SMILES string of the molecule is Oc1c(F)c(F)[c-]c(F)c1F.[Na+]. The number of rotatable bonds is 0. The third-order valence-electron chi connectivity index (χ3n) is 1.02. The normalized spacial score (nSPS) is 9.33. The molecule has 0 saturated carbocycles. The maximum absolute atomic E-state index is 12.1. The Morgan fingerprint density at radius 3 is 1.58 bits per heavy atom. The van der Waals surface area contributed by atoms with Crippen molar-refractivity contribution in [1.82, 2.24) is 0 Å². The molecule has 0 atom stereocenters. The van der Waals surface area contributed by atoms with Crippen molar-refractivity contribution in [2.24, 2.45) is 0 Å². The smallest absolute Gasteiger partial charge is 0.528 e. The molecule has 0 aliphatic carbocycles. The molecule has 1 nitrogen and oxygen atoms in total. The van der Waals surface area contributed by atoms with Crippen molar-refractivity contribution in [2.75, 3.05) is 0 Å². The molecule has 0 aromatic heterocycles. The van der Waals surface area contributed by atoms with Gasteiger partial charge < -0.3 is 5.11 Å². The summed E-state index contributed by atoms with van der Waals surface area (Å²) in [7, 11) is 0. The first-order chi connectivity index (χ1) is 5.04. The summed E-state index contributed by atoms with van der Waals surface area (Å²) < 4.78 is 48.3. The van der Waals surface area contributed by atoms with Crippen molar-refractivity contribution in [3.63, 3.8) is 0 Å². The Morgan fingerprint density at radius 1 is 0.917 bits per heavy atom. The van der Waals surface area contributed by atoms with Gasteiger partial charge in [0.1, 0.15) is 0 Å². The molecule has 0 aliphatic rings. The Kier molecular flexibility index (Phi) is 4.02. The molecule has 0 spiro atoms. The summed E-state index contributed by atoms with van der Waals surface area (Å²) in [6, 6.07) is 1.10. The zero-order valence-corrected chi connectivity index (χ0v) is 7.96. The summed E-state index contributed by atoms with van der Waals surface area (Å²) in [6.45, 7) is 0. The molecular formula is C6HF4NaO. The second-order valence-electron chi connectivity index (χ2n) is 1.73. The predicted molar refractivity (Wildman–Crippen MR) is 26.8 cm³/mol. The summed E-state index contributed by atoms with van der Waals surface area (Å²) in [5.41, 5.74) is 0. The molecule has 6 heteroatoms. The average molecular weight is 188 g/mol. The molecule has 1 rings (SSSR count). The molecule has 0 saturated heterocycles. The quantitative estimate of drug-likeness (QED) is 0.233. The van der Waals surface area contributed by atoms with Crippen LogP contribution in [0.3, 0.4) is 0 Å². The molecule has 60 valence electrons. The zero-order chi connectivity index (χ0) is 8.59. The van der Waals surface area contributed by atoms with E-state index in [9.17, 15) is 17.6 Å². The molecule has 1 aromatic carbocycles. The van der Waals surface area contributed by atoms with E-state index in [0.717, 1.165) is 6.07 Å². The second kappa shape index (κ2) is 4.11. The minimum absolute atomic E-state index is 0. The van der Waals surface area contributed by atoms with Crippen molar-refractivity contribution >= 4 is 0 Å². The summed E-state index contributed by atoms with van der Waals surface area (Å²) in [4.78, 5) is 0. The Labute approximate surface area is 87.3 Å². The Morgan fingerprint density at radius 2 is 1.25 bits per heavy atom. The maximum atomic E-state index is 12.1. The summed E-state index contributed by atoms with van der Waals surface area (Å²) in [5.74, 6) is -8.85. The first-order valence-corrected chi connectivity index (χ1v) is 2.48. The van der Waals surface area contributed by atoms with Crippen LogP contribution >= 0.6 is 0 Å². The Balaban J connectivity index is 0.00000121. The van der Waals surface area contributed by atoms with E-state index in [1.54, 1.807) is 0 Å². The van der Waals surface area contributed by atoms with Crippen LogP contribution in [-0.2, 0) is 0 Å². The van der Waals surface area contributed by atoms with Crippen molar-refractivity contribution in [1.29, 1.82) is 0 Å². The van der Waals surface area contributed by atoms with Crippen LogP contribution < -0.4 is 29.6 Å². The maximum Gasteiger partial charge on any atom is 1.00 e. The first-order valence-electron chi connectivity index (χ1n) is 2.48. The van der Waals surface area contributed by atoms with Crippen LogP contribution in [0.4, 0.5) is 17.6 Å². The van der Waals surface area contributed by atoms with Crippen molar-refractivity contribution < 1.29 is 52.2 Å². The molecule has 0 radical (unpaired) electrons. The molecular weight excluding hydrogens is 187 g/mol. The van der Waals surface area contributed by atoms with Crippen molar-refractivity contribution in [3.8, 4) is 5.75 Å². The minimum Gasteiger partial charge on any atom is -0.528 e. The molecule has 0 fully saturated rings. The third kappa shape index (κ3) is 1.91. The number of aromatic hydroxyl groups is 1. The van der Waals surface area contributed by atoms with E-state index in [4.69, 9.17) is 5.11 Å². The van der Waals surface area contributed by atoms with Gasteiger partial charge >= 0.3 is 29.6 Å². The number of hydrogen-bond donors (Lipinski definition) is 1. The fourth-order valence-electron chi connectivity index (χ4n) is 0.510. The van der Waals surface area contributed by atoms with Gasteiger partial charge in [-0.05, 0) is 0 Å². The van der Waals surface area contributed by atoms with E-state index in [2.05, 4.69) is 0 Å². The number of benzene rings is 1. The largest absolute Gasteiger partial charge is 1.00 e. The van der Waals surface area contributed by atoms with Crippen molar-refractivity contribution in [2.45, 2.75) is 0 Å². The molecule has 0 aliphatic heterocycles. The molecule has 0 heterocycles. The van der Waals surface area contributed by atoms with Gasteiger partial charge in [-0.25, -0.2) is 8.78 Å². The summed E-state index contributed by atoms with van der Waals surface area (Å²) in [5, 5.41) is 8.32. The second-order valence-corrected chi connectivity index (χ2v) is 1.73. The predicted octanol–water partition coefficient (Wildman–Crippen LogP) is -1.25. The Bertz CT molecular complexity index is 276. The number of halogens is 4. The van der Waals surface area contributed by atoms with Crippen LogP contribution in [0.25, 0.3) is 0 Å². The average Bonchev–Trinajstić information content (AvgIpc) is 1.97. The van der Waals surface area contributed by atoms with Crippen LogP contribution in [0.5, 0.6) is 5.75 Å². The molecule has 1 aromatic rings. The fraction of sp³-hybridized carbons (Fsp3) is 0. The molecule has 12 heavy (non-hydrogen) atoms. The first kappa shape index (κ1) is 11.7. The van der Waals surface area contributed by atoms with Gasteiger partial charge in [0.2, 0.25) is 0 Å². The van der Waals surface area contributed by atoms with E-state index in [0.29, 0.717) is 0 Å². The zero-order valence-electron chi connectivity index (χ0n) is 5.96. The minimum atomic E-state index is -1.84. The number of hydrogen-bond acceptors (Lipinski definition) is 1. The fourth-order valence-corrected chi connectivity index (χ4v) is 0.510. The van der Waals surface area contributed by atoms with Gasteiger partial charge in [0, 0.05) is 0 Å². The van der Waals surface area contributed by atoms with Gasteiger partial charge in [-0.3, -0.25) is 8.78 Å². The monoisotopic (exact) mass is 188 g/mol. The number of phenols is 1. The van der Waals surface area contributed by atoms with Crippen LogP contribution in [0, 0.1) is 29.3 Å². The standard InChI is InChI=1S/C6HF4O.Na/c7-2-1-3(8)5(10)6(11)4(2)9;/h11H;/q-1;+1. The number of phenolic OH excluding ortho intramolecular Hbond substituents is 1. The van der Waals surface area contributed by atoms with Crippen LogP contribution in [0.1, 0.15) is 0 Å².